The van der Waals surface area contributed by atoms with E-state index in [0.717, 1.165) is 5.56 Å². The number of carbonyl (C=O) groups excluding carboxylic acids is 3. The van der Waals surface area contributed by atoms with Gasteiger partial charge in [0, 0.05) is 44.6 Å². The number of ketones is 1. The molecule has 0 fully saturated rings. The fourth-order valence-electron chi connectivity index (χ4n) is 2.45. The first-order valence-corrected chi connectivity index (χ1v) is 8.14. The molecular weight excluding hydrogens is 316 g/mol. The van der Waals surface area contributed by atoms with Crippen molar-refractivity contribution in [3.63, 3.8) is 0 Å². The molecule has 2 aromatic rings. The number of benzene rings is 2. The minimum atomic E-state index is -0.143. The minimum absolute atomic E-state index is 0.0303. The van der Waals surface area contributed by atoms with Crippen LogP contribution < -0.4 is 5.32 Å². The molecule has 0 radical (unpaired) electrons. The molecule has 0 aromatic heterocycles. The standard InChI is InChI=1S/C20H22N2O3/c1-21-20(25)17-10-8-15(9-11-17)14-22(2)19(24)13-12-18(23)16-6-4-3-5-7-16/h3-11H,12-14H2,1-2H3,(H,21,25). The number of amides is 2. The molecule has 2 rings (SSSR count). The van der Waals surface area contributed by atoms with Gasteiger partial charge in [0.2, 0.25) is 5.91 Å². The molecule has 0 aliphatic carbocycles. The molecule has 0 saturated heterocycles. The lowest BCUT2D eigenvalue weighted by Gasteiger charge is -2.17. The molecule has 0 aliphatic heterocycles. The molecule has 25 heavy (non-hydrogen) atoms. The van der Waals surface area contributed by atoms with Gasteiger partial charge in [0.05, 0.1) is 0 Å². The number of nitrogens with one attached hydrogen (secondary N) is 1. The van der Waals surface area contributed by atoms with Gasteiger partial charge >= 0.3 is 0 Å². The number of hydrogen-bond acceptors (Lipinski definition) is 3. The van der Waals surface area contributed by atoms with Gasteiger partial charge in [-0.05, 0) is 17.7 Å². The zero-order chi connectivity index (χ0) is 18.2. The van der Waals surface area contributed by atoms with Gasteiger partial charge in [0.15, 0.2) is 5.78 Å². The molecule has 0 unspecified atom stereocenters. The van der Waals surface area contributed by atoms with E-state index < -0.39 is 0 Å². The van der Waals surface area contributed by atoms with Crippen molar-refractivity contribution >= 4 is 17.6 Å². The monoisotopic (exact) mass is 338 g/mol. The summed E-state index contributed by atoms with van der Waals surface area (Å²) in [5.74, 6) is -0.257. The predicted molar refractivity (Wildman–Crippen MR) is 96.3 cm³/mol. The molecule has 2 amide bonds. The average Bonchev–Trinajstić information content (AvgIpc) is 2.66. The predicted octanol–water partition coefficient (Wildman–Crippen LogP) is 2.67. The van der Waals surface area contributed by atoms with Crippen LogP contribution in [0.3, 0.4) is 0 Å². The van der Waals surface area contributed by atoms with Crippen molar-refractivity contribution in [3.8, 4) is 0 Å². The molecule has 0 atom stereocenters. The summed E-state index contributed by atoms with van der Waals surface area (Å²) in [6.07, 6.45) is 0.378. The Morgan fingerprint density at radius 1 is 0.880 bits per heavy atom. The van der Waals surface area contributed by atoms with Crippen molar-refractivity contribution in [2.75, 3.05) is 14.1 Å². The van der Waals surface area contributed by atoms with Crippen molar-refractivity contribution in [2.45, 2.75) is 19.4 Å². The third kappa shape index (κ3) is 5.28. The zero-order valence-corrected chi connectivity index (χ0v) is 14.5. The first-order valence-electron chi connectivity index (χ1n) is 8.14. The maximum Gasteiger partial charge on any atom is 0.251 e. The zero-order valence-electron chi connectivity index (χ0n) is 14.5. The topological polar surface area (TPSA) is 66.5 Å². The van der Waals surface area contributed by atoms with E-state index in [4.69, 9.17) is 0 Å². The molecule has 0 spiro atoms. The van der Waals surface area contributed by atoms with Crippen molar-refractivity contribution < 1.29 is 14.4 Å². The van der Waals surface area contributed by atoms with Crippen LogP contribution in [0.1, 0.15) is 39.1 Å². The lowest BCUT2D eigenvalue weighted by Crippen LogP contribution is -2.26. The van der Waals surface area contributed by atoms with Crippen molar-refractivity contribution in [1.29, 1.82) is 0 Å². The van der Waals surface area contributed by atoms with E-state index in [1.807, 2.05) is 30.3 Å². The number of nitrogens with zero attached hydrogens (tertiary/aromatic N) is 1. The highest BCUT2D eigenvalue weighted by Crippen LogP contribution is 2.10. The van der Waals surface area contributed by atoms with Crippen molar-refractivity contribution in [1.82, 2.24) is 10.2 Å². The molecule has 5 heteroatoms. The Morgan fingerprint density at radius 2 is 1.52 bits per heavy atom. The maximum absolute atomic E-state index is 12.2. The normalized spacial score (nSPS) is 10.2. The second-order valence-electron chi connectivity index (χ2n) is 5.82. The Labute approximate surface area is 147 Å². The van der Waals surface area contributed by atoms with Crippen LogP contribution in [0, 0.1) is 0 Å². The van der Waals surface area contributed by atoms with E-state index in [9.17, 15) is 14.4 Å². The Morgan fingerprint density at radius 3 is 2.12 bits per heavy atom. The Hall–Kier alpha value is -2.95. The van der Waals surface area contributed by atoms with E-state index in [-0.39, 0.29) is 30.4 Å². The number of hydrogen-bond donors (Lipinski definition) is 1. The molecule has 130 valence electrons. The molecule has 5 nitrogen and oxygen atoms in total. The lowest BCUT2D eigenvalue weighted by molar-refractivity contribution is -0.130. The number of rotatable bonds is 7. The highest BCUT2D eigenvalue weighted by atomic mass is 16.2. The number of carbonyl (C=O) groups is 3. The maximum atomic E-state index is 12.2. The first-order chi connectivity index (χ1) is 12.0. The molecule has 0 heterocycles. The summed E-state index contributed by atoms with van der Waals surface area (Å²) in [6, 6.07) is 16.1. The summed E-state index contributed by atoms with van der Waals surface area (Å²) >= 11 is 0. The van der Waals surface area contributed by atoms with Gasteiger partial charge in [-0.1, -0.05) is 42.5 Å². The highest BCUT2D eigenvalue weighted by molar-refractivity contribution is 5.97. The van der Waals surface area contributed by atoms with Crippen molar-refractivity contribution in [3.05, 3.63) is 71.3 Å². The molecule has 0 saturated carbocycles. The van der Waals surface area contributed by atoms with Gasteiger partial charge < -0.3 is 10.2 Å². The number of Topliss-reactive ketones (excluding diaryl/α,β-unsaturated/α-hetero) is 1. The molecule has 0 aliphatic rings. The van der Waals surface area contributed by atoms with E-state index >= 15 is 0 Å². The van der Waals surface area contributed by atoms with Gasteiger partial charge in [0.25, 0.3) is 5.91 Å². The molecule has 0 bridgehead atoms. The van der Waals surface area contributed by atoms with Crippen LogP contribution in [0.15, 0.2) is 54.6 Å². The summed E-state index contributed by atoms with van der Waals surface area (Å²) in [4.78, 5) is 37.4. The minimum Gasteiger partial charge on any atom is -0.355 e. The second-order valence-corrected chi connectivity index (χ2v) is 5.82. The fraction of sp³-hybridized carbons (Fsp3) is 0.250. The van der Waals surface area contributed by atoms with Crippen LogP contribution in [-0.4, -0.2) is 36.6 Å². The Balaban J connectivity index is 1.85. The largest absolute Gasteiger partial charge is 0.355 e. The van der Waals surface area contributed by atoms with E-state index in [1.165, 1.54) is 0 Å². The fourth-order valence-corrected chi connectivity index (χ4v) is 2.45. The van der Waals surface area contributed by atoms with Crippen LogP contribution in [-0.2, 0) is 11.3 Å². The van der Waals surface area contributed by atoms with E-state index in [0.29, 0.717) is 17.7 Å². The Kier molecular flexibility index (Phi) is 6.46. The van der Waals surface area contributed by atoms with Crippen LogP contribution in [0.2, 0.25) is 0 Å². The van der Waals surface area contributed by atoms with Crippen LogP contribution in [0.5, 0.6) is 0 Å². The van der Waals surface area contributed by atoms with Gasteiger partial charge in [-0.2, -0.15) is 0 Å². The van der Waals surface area contributed by atoms with Crippen LogP contribution in [0.25, 0.3) is 0 Å². The van der Waals surface area contributed by atoms with Gasteiger partial charge in [0.1, 0.15) is 0 Å². The van der Waals surface area contributed by atoms with Crippen molar-refractivity contribution in [2.24, 2.45) is 0 Å². The van der Waals surface area contributed by atoms with E-state index in [1.54, 1.807) is 43.3 Å². The summed E-state index contributed by atoms with van der Waals surface area (Å²) in [5.41, 5.74) is 2.13. The SMILES string of the molecule is CNC(=O)c1ccc(CN(C)C(=O)CCC(=O)c2ccccc2)cc1. The third-order valence-electron chi connectivity index (χ3n) is 3.95. The molecular formula is C20H22N2O3. The van der Waals surface area contributed by atoms with Gasteiger partial charge in [-0.15, -0.1) is 0 Å². The average molecular weight is 338 g/mol. The highest BCUT2D eigenvalue weighted by Gasteiger charge is 2.13. The first kappa shape index (κ1) is 18.4. The summed E-state index contributed by atoms with van der Waals surface area (Å²) in [6.45, 7) is 0.437. The summed E-state index contributed by atoms with van der Waals surface area (Å²) < 4.78 is 0. The van der Waals surface area contributed by atoms with Crippen LogP contribution in [0.4, 0.5) is 0 Å². The smallest absolute Gasteiger partial charge is 0.251 e. The molecule has 2 aromatic carbocycles. The van der Waals surface area contributed by atoms with Crippen LogP contribution >= 0.6 is 0 Å². The van der Waals surface area contributed by atoms with Gasteiger partial charge in [-0.3, -0.25) is 14.4 Å². The third-order valence-corrected chi connectivity index (χ3v) is 3.95. The summed E-state index contributed by atoms with van der Waals surface area (Å²) in [7, 11) is 3.29. The second kappa shape index (κ2) is 8.78. The van der Waals surface area contributed by atoms with E-state index in [2.05, 4.69) is 5.32 Å². The van der Waals surface area contributed by atoms with Gasteiger partial charge in [-0.25, -0.2) is 0 Å². The summed E-state index contributed by atoms with van der Waals surface area (Å²) in [5, 5.41) is 2.57. The molecule has 1 N–H and O–H groups in total. The lowest BCUT2D eigenvalue weighted by atomic mass is 10.1. The Bertz CT molecular complexity index is 739. The quantitative estimate of drug-likeness (QED) is 0.789.